The first kappa shape index (κ1) is 17.9. The summed E-state index contributed by atoms with van der Waals surface area (Å²) in [4.78, 5) is 32.6. The van der Waals surface area contributed by atoms with Crippen LogP contribution in [0.1, 0.15) is 46.0 Å². The Kier molecular flexibility index (Phi) is 5.61. The lowest BCUT2D eigenvalue weighted by atomic mass is 10.1. The highest BCUT2D eigenvalue weighted by atomic mass is 19.1. The van der Waals surface area contributed by atoms with Crippen LogP contribution in [0.15, 0.2) is 54.9 Å². The molecule has 2 amide bonds. The molecule has 1 heterocycles. The molecule has 0 atom stereocenters. The number of hydrogen-bond donors (Lipinski definition) is 2. The van der Waals surface area contributed by atoms with Crippen LogP contribution in [0.25, 0.3) is 0 Å². The van der Waals surface area contributed by atoms with Crippen LogP contribution in [0.3, 0.4) is 0 Å². The fraction of sp³-hybridized carbons (Fsp3) is 0.136. The van der Waals surface area contributed by atoms with Gasteiger partial charge in [-0.25, -0.2) is 14.4 Å². The van der Waals surface area contributed by atoms with Gasteiger partial charge in [-0.05, 0) is 41.8 Å². The summed E-state index contributed by atoms with van der Waals surface area (Å²) in [6.45, 7) is -0.488. The van der Waals surface area contributed by atoms with Crippen molar-refractivity contribution in [2.75, 3.05) is 0 Å². The molecule has 0 aliphatic rings. The second kappa shape index (κ2) is 9.39. The lowest BCUT2D eigenvalue weighted by Gasteiger charge is -2.08. The zero-order valence-electron chi connectivity index (χ0n) is 17.9. The third kappa shape index (κ3) is 5.23. The first-order valence-electron chi connectivity index (χ1n) is 9.88. The smallest absolute Gasteiger partial charge is 0.270 e. The van der Waals surface area contributed by atoms with Crippen molar-refractivity contribution in [1.82, 2.24) is 20.6 Å². The molecule has 0 saturated carbocycles. The SMILES string of the molecule is [2H]C([2H])(NC(=O)c1cc(C(=O)NCc2ccc(F)c(C)c2)ncn1)c1ccc(C#N)cc1. The van der Waals surface area contributed by atoms with Gasteiger partial charge >= 0.3 is 0 Å². The molecule has 0 aliphatic carbocycles. The molecule has 0 unspecified atom stereocenters. The summed E-state index contributed by atoms with van der Waals surface area (Å²) >= 11 is 0. The molecule has 30 heavy (non-hydrogen) atoms. The molecule has 150 valence electrons. The second-order valence-corrected chi connectivity index (χ2v) is 6.32. The van der Waals surface area contributed by atoms with Crippen molar-refractivity contribution in [3.63, 3.8) is 0 Å². The number of nitrogens with zero attached hydrogens (tertiary/aromatic N) is 3. The van der Waals surface area contributed by atoms with E-state index in [1.54, 1.807) is 19.1 Å². The Morgan fingerprint density at radius 3 is 2.30 bits per heavy atom. The van der Waals surface area contributed by atoms with Gasteiger partial charge in [-0.3, -0.25) is 9.59 Å². The van der Waals surface area contributed by atoms with Crippen molar-refractivity contribution in [3.05, 3.63) is 94.3 Å². The van der Waals surface area contributed by atoms with Crippen molar-refractivity contribution < 1.29 is 16.7 Å². The molecule has 1 aromatic heterocycles. The molecule has 0 fully saturated rings. The number of rotatable bonds is 6. The Morgan fingerprint density at radius 1 is 1.03 bits per heavy atom. The molecule has 3 aromatic rings. The number of carbonyl (C=O) groups excluding carboxylic acids is 2. The molecule has 0 spiro atoms. The summed E-state index contributed by atoms with van der Waals surface area (Å²) < 4.78 is 29.6. The molecular formula is C22H18FN5O2. The third-order valence-electron chi connectivity index (χ3n) is 4.14. The molecule has 3 rings (SSSR count). The molecule has 2 N–H and O–H groups in total. The molecular weight excluding hydrogens is 385 g/mol. The molecule has 2 aromatic carbocycles. The summed E-state index contributed by atoms with van der Waals surface area (Å²) in [5, 5.41) is 13.7. The first-order chi connectivity index (χ1) is 15.2. The maximum atomic E-state index is 13.4. The minimum absolute atomic E-state index is 0.0806. The number of benzene rings is 2. The Balaban J connectivity index is 1.68. The summed E-state index contributed by atoms with van der Waals surface area (Å²) in [7, 11) is 0. The quantitative estimate of drug-likeness (QED) is 0.656. The van der Waals surface area contributed by atoms with Crippen LogP contribution in [0.5, 0.6) is 0 Å². The minimum atomic E-state index is -2.24. The molecule has 7 nitrogen and oxygen atoms in total. The molecule has 0 bridgehead atoms. The second-order valence-electron chi connectivity index (χ2n) is 6.32. The zero-order valence-corrected chi connectivity index (χ0v) is 15.9. The van der Waals surface area contributed by atoms with Gasteiger partial charge in [-0.1, -0.05) is 24.3 Å². The van der Waals surface area contributed by atoms with E-state index in [-0.39, 0.29) is 29.3 Å². The average molecular weight is 405 g/mol. The largest absolute Gasteiger partial charge is 0.347 e. The maximum absolute atomic E-state index is 13.4. The standard InChI is InChI=1S/C22H18FN5O2/c1-14-8-17(6-7-18(14)23)12-26-22(30)20-9-19(27-13-28-20)21(29)25-11-16-4-2-15(10-24)3-5-16/h2-9,13H,11-12H2,1H3,(H,25,29)(H,26,30)/i11D2. The van der Waals surface area contributed by atoms with E-state index >= 15 is 0 Å². The Bertz CT molecular complexity index is 1210. The molecule has 8 heteroatoms. The number of nitriles is 1. The van der Waals surface area contributed by atoms with Gasteiger partial charge in [0.2, 0.25) is 0 Å². The van der Waals surface area contributed by atoms with Crippen molar-refractivity contribution >= 4 is 11.8 Å². The van der Waals surface area contributed by atoms with E-state index in [1.165, 1.54) is 30.3 Å². The van der Waals surface area contributed by atoms with Crippen LogP contribution < -0.4 is 10.6 Å². The van der Waals surface area contributed by atoms with Crippen LogP contribution in [0.2, 0.25) is 0 Å². The maximum Gasteiger partial charge on any atom is 0.270 e. The molecule has 0 aliphatic heterocycles. The van der Waals surface area contributed by atoms with Crippen LogP contribution >= 0.6 is 0 Å². The van der Waals surface area contributed by atoms with Gasteiger partial charge in [-0.15, -0.1) is 0 Å². The molecule has 0 saturated heterocycles. The van der Waals surface area contributed by atoms with E-state index in [0.717, 1.165) is 12.4 Å². The van der Waals surface area contributed by atoms with Gasteiger partial charge < -0.3 is 10.6 Å². The van der Waals surface area contributed by atoms with E-state index in [4.69, 9.17) is 8.00 Å². The molecule has 0 radical (unpaired) electrons. The highest BCUT2D eigenvalue weighted by Gasteiger charge is 2.13. The number of hydrogen-bond acceptors (Lipinski definition) is 5. The number of aryl methyl sites for hydroxylation is 1. The Hall–Kier alpha value is -4.12. The van der Waals surface area contributed by atoms with Gasteiger partial charge in [0.1, 0.15) is 23.5 Å². The predicted octanol–water partition coefficient (Wildman–Crippen LogP) is 2.66. The summed E-state index contributed by atoms with van der Waals surface area (Å²) in [6.07, 6.45) is 1.03. The fourth-order valence-corrected chi connectivity index (χ4v) is 2.52. The van der Waals surface area contributed by atoms with Crippen LogP contribution in [0, 0.1) is 24.1 Å². The van der Waals surface area contributed by atoms with Gasteiger partial charge in [0, 0.05) is 19.1 Å². The normalized spacial score (nSPS) is 11.6. The van der Waals surface area contributed by atoms with Gasteiger partial charge in [-0.2, -0.15) is 5.26 Å². The van der Waals surface area contributed by atoms with Gasteiger partial charge in [0.25, 0.3) is 11.8 Å². The van der Waals surface area contributed by atoms with Crippen molar-refractivity contribution in [3.8, 4) is 6.07 Å². The minimum Gasteiger partial charge on any atom is -0.347 e. The zero-order chi connectivity index (χ0) is 23.3. The summed E-state index contributed by atoms with van der Waals surface area (Å²) in [6, 6.07) is 13.2. The predicted molar refractivity (Wildman–Crippen MR) is 107 cm³/mol. The number of nitrogens with one attached hydrogen (secondary N) is 2. The summed E-state index contributed by atoms with van der Waals surface area (Å²) in [5.41, 5.74) is 1.38. The number of halogens is 1. The fourth-order valence-electron chi connectivity index (χ4n) is 2.52. The van der Waals surface area contributed by atoms with Crippen LogP contribution in [0.4, 0.5) is 4.39 Å². The summed E-state index contributed by atoms with van der Waals surface area (Å²) in [5.74, 6) is -1.75. The van der Waals surface area contributed by atoms with E-state index in [1.807, 2.05) is 6.07 Å². The highest BCUT2D eigenvalue weighted by molar-refractivity contribution is 5.97. The van der Waals surface area contributed by atoms with Crippen LogP contribution in [-0.2, 0) is 13.0 Å². The van der Waals surface area contributed by atoms with Crippen molar-refractivity contribution in [2.45, 2.75) is 20.0 Å². The van der Waals surface area contributed by atoms with E-state index < -0.39 is 18.3 Å². The average Bonchev–Trinajstić information content (AvgIpc) is 2.79. The van der Waals surface area contributed by atoms with E-state index in [9.17, 15) is 14.0 Å². The Morgan fingerprint density at radius 2 is 1.67 bits per heavy atom. The first-order valence-corrected chi connectivity index (χ1v) is 8.88. The number of amides is 2. The lowest BCUT2D eigenvalue weighted by Crippen LogP contribution is -2.27. The highest BCUT2D eigenvalue weighted by Crippen LogP contribution is 2.09. The van der Waals surface area contributed by atoms with E-state index in [2.05, 4.69) is 20.6 Å². The van der Waals surface area contributed by atoms with E-state index in [0.29, 0.717) is 16.7 Å². The Labute approximate surface area is 175 Å². The van der Waals surface area contributed by atoms with Gasteiger partial charge in [0.15, 0.2) is 0 Å². The number of aromatic nitrogens is 2. The monoisotopic (exact) mass is 405 g/mol. The number of carbonyl (C=O) groups is 2. The van der Waals surface area contributed by atoms with Gasteiger partial charge in [0.05, 0.1) is 14.4 Å². The lowest BCUT2D eigenvalue weighted by molar-refractivity contribution is 0.0944. The van der Waals surface area contributed by atoms with Crippen LogP contribution in [-0.4, -0.2) is 21.8 Å². The van der Waals surface area contributed by atoms with Crippen molar-refractivity contribution in [2.24, 2.45) is 0 Å². The topological polar surface area (TPSA) is 108 Å². The van der Waals surface area contributed by atoms with Crippen molar-refractivity contribution in [1.29, 1.82) is 5.26 Å². The third-order valence-corrected chi connectivity index (χ3v) is 4.14.